The molecule has 3 nitrogen and oxygen atoms in total. The Morgan fingerprint density at radius 3 is 2.86 bits per heavy atom. The second-order valence-electron chi connectivity index (χ2n) is 6.24. The summed E-state index contributed by atoms with van der Waals surface area (Å²) in [6.45, 7) is 1.96. The predicted molar refractivity (Wildman–Crippen MR) is 79.4 cm³/mol. The van der Waals surface area contributed by atoms with Crippen LogP contribution in [0.1, 0.15) is 48.5 Å². The van der Waals surface area contributed by atoms with Gasteiger partial charge < -0.3 is 5.11 Å². The van der Waals surface area contributed by atoms with Gasteiger partial charge in [-0.3, -0.25) is 9.59 Å². The molecule has 1 N–H and O–H groups in total. The van der Waals surface area contributed by atoms with Gasteiger partial charge in [0.05, 0.1) is 10.4 Å². The summed E-state index contributed by atoms with van der Waals surface area (Å²) in [6.07, 6.45) is 2.73. The number of halogens is 1. The van der Waals surface area contributed by atoms with Gasteiger partial charge in [-0.25, -0.2) is 0 Å². The summed E-state index contributed by atoms with van der Waals surface area (Å²) in [5.41, 5.74) is 2.29. The van der Waals surface area contributed by atoms with Crippen molar-refractivity contribution in [1.29, 1.82) is 0 Å². The van der Waals surface area contributed by atoms with Gasteiger partial charge in [-0.15, -0.1) is 0 Å². The number of Topliss-reactive ketones (excluding diaryl/α,β-unsaturated/α-hetero) is 2. The van der Waals surface area contributed by atoms with Crippen molar-refractivity contribution in [2.45, 2.75) is 32.6 Å². The van der Waals surface area contributed by atoms with Crippen molar-refractivity contribution in [3.63, 3.8) is 0 Å². The van der Waals surface area contributed by atoms with Gasteiger partial charge in [0.2, 0.25) is 0 Å². The van der Waals surface area contributed by atoms with E-state index in [1.165, 1.54) is 6.07 Å². The maximum atomic E-state index is 13.0. The molecule has 1 fully saturated rings. The smallest absolute Gasteiger partial charge is 0.175 e. The molecular weight excluding hydrogens is 288 g/mol. The molecule has 0 radical (unpaired) electrons. The molecular formula is C17H15ClO3. The fourth-order valence-corrected chi connectivity index (χ4v) is 4.73. The van der Waals surface area contributed by atoms with Crippen molar-refractivity contribution >= 4 is 28.7 Å². The number of phenolic OH excluding ortho intramolecular Hbond substituents is 1. The van der Waals surface area contributed by atoms with E-state index in [0.717, 1.165) is 23.1 Å². The zero-order chi connectivity index (χ0) is 14.9. The maximum absolute atomic E-state index is 13.0. The fraction of sp³-hybridized carbons (Fsp3) is 0.412. The van der Waals surface area contributed by atoms with E-state index in [-0.39, 0.29) is 28.3 Å². The first-order chi connectivity index (χ1) is 10.0. The van der Waals surface area contributed by atoms with Crippen LogP contribution in [0.25, 0.3) is 5.57 Å². The van der Waals surface area contributed by atoms with Gasteiger partial charge in [0.15, 0.2) is 11.6 Å². The first-order valence-corrected chi connectivity index (χ1v) is 7.73. The third-order valence-corrected chi connectivity index (χ3v) is 5.75. The van der Waals surface area contributed by atoms with Gasteiger partial charge in [0.25, 0.3) is 0 Å². The second-order valence-corrected chi connectivity index (χ2v) is 6.62. The Bertz CT molecular complexity index is 747. The van der Waals surface area contributed by atoms with Gasteiger partial charge in [-0.2, -0.15) is 0 Å². The van der Waals surface area contributed by atoms with E-state index in [1.54, 1.807) is 6.07 Å². The van der Waals surface area contributed by atoms with Crippen molar-refractivity contribution in [3.05, 3.63) is 33.9 Å². The lowest BCUT2D eigenvalue weighted by atomic mass is 9.70. The molecule has 3 aliphatic rings. The standard InChI is InChI=1S/C17H15ClO3/c1-2-9-13-10-3-4-11(19)14(18)12(10)16(21)17(13)6-5-8(7-17)15(9)20/h3-4,8,19H,2,5-7H2,1H3/t8-,17-/m1/s1. The molecule has 0 aliphatic heterocycles. The molecule has 2 bridgehead atoms. The van der Waals surface area contributed by atoms with E-state index < -0.39 is 5.41 Å². The van der Waals surface area contributed by atoms with E-state index in [1.807, 2.05) is 6.92 Å². The summed E-state index contributed by atoms with van der Waals surface area (Å²) in [4.78, 5) is 25.6. The van der Waals surface area contributed by atoms with Crippen molar-refractivity contribution in [1.82, 2.24) is 0 Å². The van der Waals surface area contributed by atoms with Crippen molar-refractivity contribution in [3.8, 4) is 5.75 Å². The average molecular weight is 303 g/mol. The molecule has 0 amide bonds. The molecule has 4 rings (SSSR count). The Hall–Kier alpha value is -1.61. The van der Waals surface area contributed by atoms with E-state index in [9.17, 15) is 14.7 Å². The third kappa shape index (κ3) is 1.35. The van der Waals surface area contributed by atoms with Crippen LogP contribution in [-0.2, 0) is 4.79 Å². The van der Waals surface area contributed by atoms with Gasteiger partial charge in [-0.1, -0.05) is 24.6 Å². The predicted octanol–water partition coefficient (Wildman–Crippen LogP) is 3.77. The summed E-state index contributed by atoms with van der Waals surface area (Å²) in [7, 11) is 0. The maximum Gasteiger partial charge on any atom is 0.175 e. The van der Waals surface area contributed by atoms with Crippen LogP contribution >= 0.6 is 11.6 Å². The van der Waals surface area contributed by atoms with E-state index >= 15 is 0 Å². The number of ketones is 2. The minimum atomic E-state index is -0.566. The molecule has 0 saturated heterocycles. The zero-order valence-electron chi connectivity index (χ0n) is 11.7. The highest BCUT2D eigenvalue weighted by atomic mass is 35.5. The van der Waals surface area contributed by atoms with Crippen LogP contribution in [0.5, 0.6) is 5.75 Å². The molecule has 0 heterocycles. The lowest BCUT2D eigenvalue weighted by Gasteiger charge is -2.30. The number of aromatic hydroxyl groups is 1. The molecule has 2 atom stereocenters. The van der Waals surface area contributed by atoms with Crippen LogP contribution in [0, 0.1) is 11.3 Å². The lowest BCUT2D eigenvalue weighted by Crippen LogP contribution is -2.31. The molecule has 1 spiro atoms. The largest absolute Gasteiger partial charge is 0.506 e. The summed E-state index contributed by atoms with van der Waals surface area (Å²) in [6, 6.07) is 3.25. The minimum absolute atomic E-state index is 0.00523. The third-order valence-electron chi connectivity index (χ3n) is 5.37. The molecule has 108 valence electrons. The number of rotatable bonds is 1. The van der Waals surface area contributed by atoms with Crippen molar-refractivity contribution < 1.29 is 14.7 Å². The number of benzene rings is 1. The normalized spacial score (nSPS) is 29.9. The van der Waals surface area contributed by atoms with Crippen LogP contribution < -0.4 is 0 Å². The van der Waals surface area contributed by atoms with E-state index in [4.69, 9.17) is 11.6 Å². The number of fused-ring (bicyclic) bond motifs is 3. The number of carbonyl (C=O) groups is 2. The number of allylic oxidation sites excluding steroid dienone is 2. The highest BCUT2D eigenvalue weighted by Gasteiger charge is 2.59. The van der Waals surface area contributed by atoms with Crippen LogP contribution in [0.2, 0.25) is 5.02 Å². The molecule has 1 aromatic carbocycles. The van der Waals surface area contributed by atoms with Gasteiger partial charge in [-0.05, 0) is 48.5 Å². The second kappa shape index (κ2) is 3.98. The molecule has 4 heteroatoms. The average Bonchev–Trinajstić information content (AvgIpc) is 2.98. The van der Waals surface area contributed by atoms with Crippen LogP contribution in [0.15, 0.2) is 17.7 Å². The Morgan fingerprint density at radius 1 is 1.38 bits per heavy atom. The summed E-state index contributed by atoms with van der Waals surface area (Å²) in [5.74, 6) is 0.104. The monoisotopic (exact) mass is 302 g/mol. The SMILES string of the molecule is CCC1=C2c3ccc(O)c(Cl)c3C(=O)[C@@]23CC[C@H](C3)C1=O. The number of hydrogen-bond donors (Lipinski definition) is 1. The quantitative estimate of drug-likeness (QED) is 0.859. The molecule has 1 aromatic rings. The van der Waals surface area contributed by atoms with Gasteiger partial charge in [0.1, 0.15) is 5.75 Å². The first-order valence-electron chi connectivity index (χ1n) is 7.35. The Balaban J connectivity index is 2.11. The molecule has 0 aromatic heterocycles. The molecule has 21 heavy (non-hydrogen) atoms. The first kappa shape index (κ1) is 13.1. The van der Waals surface area contributed by atoms with Crippen LogP contribution in [-0.4, -0.2) is 16.7 Å². The minimum Gasteiger partial charge on any atom is -0.506 e. The summed E-state index contributed by atoms with van der Waals surface area (Å²) < 4.78 is 0. The topological polar surface area (TPSA) is 54.4 Å². The number of hydrogen-bond acceptors (Lipinski definition) is 3. The van der Waals surface area contributed by atoms with Gasteiger partial charge in [0, 0.05) is 11.5 Å². The van der Waals surface area contributed by atoms with Gasteiger partial charge >= 0.3 is 0 Å². The Morgan fingerprint density at radius 2 is 2.14 bits per heavy atom. The Labute approximate surface area is 127 Å². The highest BCUT2D eigenvalue weighted by Crippen LogP contribution is 2.63. The summed E-state index contributed by atoms with van der Waals surface area (Å²) in [5, 5.41) is 9.93. The van der Waals surface area contributed by atoms with Crippen molar-refractivity contribution in [2.24, 2.45) is 11.3 Å². The molecule has 0 unspecified atom stereocenters. The lowest BCUT2D eigenvalue weighted by molar-refractivity contribution is -0.119. The molecule has 3 aliphatic carbocycles. The van der Waals surface area contributed by atoms with E-state index in [2.05, 4.69) is 0 Å². The van der Waals surface area contributed by atoms with E-state index in [0.29, 0.717) is 24.8 Å². The van der Waals surface area contributed by atoms with Crippen molar-refractivity contribution in [2.75, 3.05) is 0 Å². The zero-order valence-corrected chi connectivity index (χ0v) is 12.5. The number of phenols is 1. The fourth-order valence-electron chi connectivity index (χ4n) is 4.48. The van der Waals surface area contributed by atoms with Crippen LogP contribution in [0.4, 0.5) is 0 Å². The highest BCUT2D eigenvalue weighted by molar-refractivity contribution is 6.38. The Kier molecular flexibility index (Phi) is 2.48. The number of carbonyl (C=O) groups excluding carboxylic acids is 2. The van der Waals surface area contributed by atoms with Crippen LogP contribution in [0.3, 0.4) is 0 Å². The molecule has 1 saturated carbocycles. The summed E-state index contributed by atoms with van der Waals surface area (Å²) >= 11 is 6.18.